The predicted octanol–water partition coefficient (Wildman–Crippen LogP) is 3.20. The Labute approximate surface area is 184 Å². The Morgan fingerprint density at radius 2 is 1.74 bits per heavy atom. The Hall–Kier alpha value is -2.87. The van der Waals surface area contributed by atoms with E-state index < -0.39 is 0 Å². The van der Waals surface area contributed by atoms with Gasteiger partial charge >= 0.3 is 0 Å². The number of likely N-dealkylation sites (tertiary alicyclic amines) is 1. The Bertz CT molecular complexity index is 832. The molecule has 170 valence electrons. The number of methoxy groups -OCH3 is 3. The SMILES string of the molecule is CN=C(NCc1cc(OC)c(OC)cc1OC)NCC(c1ccco1)N1CCCCC1. The third-order valence-electron chi connectivity index (χ3n) is 5.62. The number of hydrogen-bond donors (Lipinski definition) is 2. The number of rotatable bonds is 9. The van der Waals surface area contributed by atoms with Crippen LogP contribution >= 0.6 is 0 Å². The first-order chi connectivity index (χ1) is 15.2. The summed E-state index contributed by atoms with van der Waals surface area (Å²) in [6.07, 6.45) is 5.49. The minimum Gasteiger partial charge on any atom is -0.496 e. The largest absolute Gasteiger partial charge is 0.496 e. The molecule has 0 radical (unpaired) electrons. The molecule has 0 amide bonds. The van der Waals surface area contributed by atoms with Crippen molar-refractivity contribution in [3.05, 3.63) is 41.9 Å². The van der Waals surface area contributed by atoms with E-state index in [-0.39, 0.29) is 6.04 Å². The number of hydrogen-bond acceptors (Lipinski definition) is 6. The second-order valence-electron chi connectivity index (χ2n) is 7.45. The van der Waals surface area contributed by atoms with Crippen molar-refractivity contribution >= 4 is 5.96 Å². The summed E-state index contributed by atoms with van der Waals surface area (Å²) in [6.45, 7) is 3.40. The molecule has 3 rings (SSSR count). The molecule has 2 N–H and O–H groups in total. The predicted molar refractivity (Wildman–Crippen MR) is 121 cm³/mol. The lowest BCUT2D eigenvalue weighted by atomic mass is 10.1. The van der Waals surface area contributed by atoms with E-state index in [1.54, 1.807) is 34.6 Å². The minimum absolute atomic E-state index is 0.171. The number of piperidine rings is 1. The van der Waals surface area contributed by atoms with Gasteiger partial charge in [-0.2, -0.15) is 0 Å². The van der Waals surface area contributed by atoms with Gasteiger partial charge < -0.3 is 29.3 Å². The van der Waals surface area contributed by atoms with Crippen LogP contribution in [0.1, 0.15) is 36.6 Å². The van der Waals surface area contributed by atoms with E-state index in [9.17, 15) is 0 Å². The lowest BCUT2D eigenvalue weighted by Crippen LogP contribution is -2.44. The fourth-order valence-corrected chi connectivity index (χ4v) is 3.94. The first-order valence-electron chi connectivity index (χ1n) is 10.7. The van der Waals surface area contributed by atoms with Gasteiger partial charge in [0.1, 0.15) is 11.5 Å². The zero-order valence-corrected chi connectivity index (χ0v) is 18.9. The lowest BCUT2D eigenvalue weighted by Gasteiger charge is -2.33. The van der Waals surface area contributed by atoms with Crippen molar-refractivity contribution in [2.24, 2.45) is 4.99 Å². The molecule has 0 bridgehead atoms. The summed E-state index contributed by atoms with van der Waals surface area (Å²) in [5.41, 5.74) is 0.946. The van der Waals surface area contributed by atoms with E-state index >= 15 is 0 Å². The highest BCUT2D eigenvalue weighted by Gasteiger charge is 2.24. The van der Waals surface area contributed by atoms with Crippen molar-refractivity contribution in [3.8, 4) is 17.2 Å². The van der Waals surface area contributed by atoms with Gasteiger partial charge in [-0.05, 0) is 44.1 Å². The Morgan fingerprint density at radius 1 is 1.03 bits per heavy atom. The summed E-state index contributed by atoms with van der Waals surface area (Å²) in [5, 5.41) is 6.82. The van der Waals surface area contributed by atoms with Crippen LogP contribution in [0.2, 0.25) is 0 Å². The maximum atomic E-state index is 5.74. The van der Waals surface area contributed by atoms with E-state index in [0.717, 1.165) is 30.2 Å². The monoisotopic (exact) mass is 430 g/mol. The number of nitrogens with zero attached hydrogens (tertiary/aromatic N) is 2. The fourth-order valence-electron chi connectivity index (χ4n) is 3.94. The van der Waals surface area contributed by atoms with Crippen molar-refractivity contribution in [1.82, 2.24) is 15.5 Å². The maximum absolute atomic E-state index is 5.74. The summed E-state index contributed by atoms with van der Waals surface area (Å²) >= 11 is 0. The number of benzene rings is 1. The van der Waals surface area contributed by atoms with Crippen LogP contribution < -0.4 is 24.8 Å². The average Bonchev–Trinajstić information content (AvgIpc) is 3.35. The third-order valence-corrected chi connectivity index (χ3v) is 5.62. The van der Waals surface area contributed by atoms with E-state index in [4.69, 9.17) is 18.6 Å². The first-order valence-corrected chi connectivity index (χ1v) is 10.7. The second-order valence-corrected chi connectivity index (χ2v) is 7.45. The molecule has 1 aromatic heterocycles. The minimum atomic E-state index is 0.171. The van der Waals surface area contributed by atoms with Crippen LogP contribution in [0.3, 0.4) is 0 Å². The number of guanidine groups is 1. The smallest absolute Gasteiger partial charge is 0.191 e. The number of aliphatic imine (C=N–C) groups is 1. The van der Waals surface area contributed by atoms with Crippen LogP contribution in [0.15, 0.2) is 39.9 Å². The molecule has 0 spiro atoms. The van der Waals surface area contributed by atoms with Gasteiger partial charge in [-0.3, -0.25) is 9.89 Å². The van der Waals surface area contributed by atoms with Crippen molar-refractivity contribution in [2.45, 2.75) is 31.8 Å². The summed E-state index contributed by atoms with van der Waals surface area (Å²) in [5.74, 6) is 3.71. The van der Waals surface area contributed by atoms with E-state index in [2.05, 4.69) is 20.5 Å². The molecule has 2 heterocycles. The normalized spacial score (nSPS) is 15.9. The summed E-state index contributed by atoms with van der Waals surface area (Å²) in [6, 6.07) is 7.91. The molecule has 2 aromatic rings. The first kappa shape index (κ1) is 22.8. The van der Waals surface area contributed by atoms with Gasteiger partial charge in [0.25, 0.3) is 0 Å². The van der Waals surface area contributed by atoms with Gasteiger partial charge in [0.05, 0.1) is 33.6 Å². The molecule has 1 unspecified atom stereocenters. The third kappa shape index (κ3) is 5.85. The van der Waals surface area contributed by atoms with E-state index in [1.807, 2.05) is 24.3 Å². The van der Waals surface area contributed by atoms with Crippen LogP contribution in [0.4, 0.5) is 0 Å². The molecule has 8 heteroatoms. The summed E-state index contributed by atoms with van der Waals surface area (Å²) in [7, 11) is 6.64. The number of ether oxygens (including phenoxy) is 3. The highest BCUT2D eigenvalue weighted by atomic mass is 16.5. The van der Waals surface area contributed by atoms with E-state index in [1.165, 1.54) is 19.3 Å². The molecule has 1 aliphatic rings. The topological polar surface area (TPSA) is 80.5 Å². The molecule has 1 aliphatic heterocycles. The van der Waals surface area contributed by atoms with Gasteiger partial charge in [0.15, 0.2) is 17.5 Å². The Balaban J connectivity index is 1.65. The van der Waals surface area contributed by atoms with Crippen molar-refractivity contribution in [1.29, 1.82) is 0 Å². The molecule has 31 heavy (non-hydrogen) atoms. The quantitative estimate of drug-likeness (QED) is 0.467. The van der Waals surface area contributed by atoms with Gasteiger partial charge in [-0.15, -0.1) is 0 Å². The fraction of sp³-hybridized carbons (Fsp3) is 0.522. The van der Waals surface area contributed by atoms with E-state index in [0.29, 0.717) is 30.5 Å². The van der Waals surface area contributed by atoms with Gasteiger partial charge in [0, 0.05) is 31.8 Å². The Kier molecular flexibility index (Phi) is 8.46. The molecule has 8 nitrogen and oxygen atoms in total. The molecule has 1 aromatic carbocycles. The van der Waals surface area contributed by atoms with Crippen LogP contribution in [-0.2, 0) is 6.54 Å². The highest BCUT2D eigenvalue weighted by Crippen LogP contribution is 2.34. The van der Waals surface area contributed by atoms with Gasteiger partial charge in [-0.25, -0.2) is 0 Å². The molecule has 0 saturated carbocycles. The number of nitrogens with one attached hydrogen (secondary N) is 2. The van der Waals surface area contributed by atoms with Crippen molar-refractivity contribution in [3.63, 3.8) is 0 Å². The van der Waals surface area contributed by atoms with Crippen LogP contribution in [0.5, 0.6) is 17.2 Å². The van der Waals surface area contributed by atoms with Crippen LogP contribution in [-0.4, -0.2) is 58.9 Å². The molecular weight excluding hydrogens is 396 g/mol. The van der Waals surface area contributed by atoms with Crippen LogP contribution in [0, 0.1) is 0 Å². The molecule has 1 saturated heterocycles. The molecule has 1 fully saturated rings. The van der Waals surface area contributed by atoms with Gasteiger partial charge in [-0.1, -0.05) is 6.42 Å². The molecular formula is C23H34N4O4. The summed E-state index contributed by atoms with van der Waals surface area (Å²) < 4.78 is 22.1. The maximum Gasteiger partial charge on any atom is 0.191 e. The zero-order valence-electron chi connectivity index (χ0n) is 18.9. The number of furan rings is 1. The van der Waals surface area contributed by atoms with Crippen molar-refractivity contribution in [2.75, 3.05) is 48.0 Å². The lowest BCUT2D eigenvalue weighted by molar-refractivity contribution is 0.146. The summed E-state index contributed by atoms with van der Waals surface area (Å²) in [4.78, 5) is 6.87. The van der Waals surface area contributed by atoms with Gasteiger partial charge in [0.2, 0.25) is 0 Å². The second kappa shape index (κ2) is 11.5. The molecule has 1 atom stereocenters. The Morgan fingerprint density at radius 3 is 2.35 bits per heavy atom. The standard InChI is InChI=1S/C23H34N4O4/c1-24-23(25-15-17-13-21(29-3)22(30-4)14-20(17)28-2)26-16-18(19-9-8-12-31-19)27-10-6-5-7-11-27/h8-9,12-14,18H,5-7,10-11,15-16H2,1-4H3,(H2,24,25,26). The molecule has 0 aliphatic carbocycles. The van der Waals surface area contributed by atoms with Crippen LogP contribution in [0.25, 0.3) is 0 Å². The zero-order chi connectivity index (χ0) is 22.1. The average molecular weight is 431 g/mol. The highest BCUT2D eigenvalue weighted by molar-refractivity contribution is 5.79. The van der Waals surface area contributed by atoms with Crippen molar-refractivity contribution < 1.29 is 18.6 Å².